The molecule has 2 heterocycles. The summed E-state index contributed by atoms with van der Waals surface area (Å²) in [6.07, 6.45) is 3.25. The van der Waals surface area contributed by atoms with E-state index in [1.165, 1.54) is 12.4 Å². The zero-order valence-electron chi connectivity index (χ0n) is 9.14. The van der Waals surface area contributed by atoms with Crippen molar-refractivity contribution in [3.05, 3.63) is 23.2 Å². The molecule has 2 rings (SSSR count). The zero-order chi connectivity index (χ0) is 12.3. The Kier molecular flexibility index (Phi) is 3.55. The molecule has 1 aromatic heterocycles. The summed E-state index contributed by atoms with van der Waals surface area (Å²) < 4.78 is 0. The van der Waals surface area contributed by atoms with Gasteiger partial charge in [-0.2, -0.15) is 5.26 Å². The Labute approximate surface area is 104 Å². The summed E-state index contributed by atoms with van der Waals surface area (Å²) in [5.74, 6) is -1.08. The highest BCUT2D eigenvalue weighted by molar-refractivity contribution is 6.29. The monoisotopic (exact) mass is 250 g/mol. The number of hydrogen-bond acceptors (Lipinski definition) is 4. The predicted octanol–water partition coefficient (Wildman–Crippen LogP) is 1.36. The van der Waals surface area contributed by atoms with Gasteiger partial charge in [0.1, 0.15) is 11.5 Å². The second-order valence-corrected chi connectivity index (χ2v) is 4.25. The molecule has 1 aliphatic rings. The van der Waals surface area contributed by atoms with Crippen molar-refractivity contribution < 1.29 is 4.79 Å². The van der Waals surface area contributed by atoms with Crippen LogP contribution in [0.1, 0.15) is 24.5 Å². The summed E-state index contributed by atoms with van der Waals surface area (Å²) in [5, 5.41) is 9.34. The third kappa shape index (κ3) is 2.53. The van der Waals surface area contributed by atoms with Gasteiger partial charge in [0.2, 0.25) is 5.91 Å². The topological polar surface area (TPSA) is 69.9 Å². The van der Waals surface area contributed by atoms with Crippen LogP contribution in [0.3, 0.4) is 0 Å². The van der Waals surface area contributed by atoms with E-state index in [-0.39, 0.29) is 11.1 Å². The molecular weight excluding hydrogens is 240 g/mol. The molecule has 1 fully saturated rings. The van der Waals surface area contributed by atoms with Crippen LogP contribution in [0.15, 0.2) is 12.4 Å². The van der Waals surface area contributed by atoms with Crippen LogP contribution in [0.25, 0.3) is 0 Å². The van der Waals surface area contributed by atoms with Gasteiger partial charge in [-0.05, 0) is 18.9 Å². The van der Waals surface area contributed by atoms with Gasteiger partial charge in [0.15, 0.2) is 5.92 Å². The largest absolute Gasteiger partial charge is 0.341 e. The summed E-state index contributed by atoms with van der Waals surface area (Å²) in [5.41, 5.74) is 0.365. The van der Waals surface area contributed by atoms with Crippen molar-refractivity contribution in [3.8, 4) is 6.07 Å². The van der Waals surface area contributed by atoms with Gasteiger partial charge in [-0.3, -0.25) is 4.79 Å². The minimum atomic E-state index is -0.881. The van der Waals surface area contributed by atoms with E-state index < -0.39 is 5.92 Å². The maximum atomic E-state index is 12.1. The molecule has 1 atom stereocenters. The number of aromatic nitrogens is 2. The first-order valence-electron chi connectivity index (χ1n) is 5.38. The van der Waals surface area contributed by atoms with E-state index >= 15 is 0 Å². The van der Waals surface area contributed by atoms with E-state index in [0.29, 0.717) is 5.69 Å². The van der Waals surface area contributed by atoms with Crippen molar-refractivity contribution in [2.24, 2.45) is 0 Å². The molecule has 0 bridgehead atoms. The summed E-state index contributed by atoms with van der Waals surface area (Å²) in [6.45, 7) is 1.44. The smallest absolute Gasteiger partial charge is 0.246 e. The summed E-state index contributed by atoms with van der Waals surface area (Å²) >= 11 is 5.72. The fraction of sp³-hybridized carbons (Fsp3) is 0.455. The lowest BCUT2D eigenvalue weighted by molar-refractivity contribution is -0.130. The van der Waals surface area contributed by atoms with Crippen molar-refractivity contribution in [2.45, 2.75) is 18.8 Å². The highest BCUT2D eigenvalue weighted by atomic mass is 35.5. The first kappa shape index (κ1) is 11.8. The number of nitrogens with zero attached hydrogens (tertiary/aromatic N) is 4. The number of carbonyl (C=O) groups excluding carboxylic acids is 1. The predicted molar refractivity (Wildman–Crippen MR) is 61.2 cm³/mol. The number of hydrogen-bond donors (Lipinski definition) is 0. The maximum Gasteiger partial charge on any atom is 0.246 e. The SMILES string of the molecule is N#C[C@H](C(=O)N1CCCC1)c1cc(Cl)ncn1. The Bertz CT molecular complexity index is 465. The van der Waals surface area contributed by atoms with Gasteiger partial charge < -0.3 is 4.90 Å². The standard InChI is InChI=1S/C11H11ClN4O/c12-10-5-9(14-7-15-10)8(6-13)11(17)16-3-1-2-4-16/h5,7-8H,1-4H2/t8-/m0/s1. The van der Waals surface area contributed by atoms with E-state index in [9.17, 15) is 4.79 Å². The Morgan fingerprint density at radius 3 is 2.76 bits per heavy atom. The van der Waals surface area contributed by atoms with Gasteiger partial charge >= 0.3 is 0 Å². The molecule has 0 aliphatic carbocycles. The van der Waals surface area contributed by atoms with Gasteiger partial charge in [0.25, 0.3) is 0 Å². The maximum absolute atomic E-state index is 12.1. The molecule has 1 amide bonds. The highest BCUT2D eigenvalue weighted by Crippen LogP contribution is 2.20. The van der Waals surface area contributed by atoms with Crippen molar-refractivity contribution in [3.63, 3.8) is 0 Å². The normalized spacial score (nSPS) is 16.6. The lowest BCUT2D eigenvalue weighted by Gasteiger charge is -2.18. The molecule has 6 heteroatoms. The Balaban J connectivity index is 2.21. The average molecular weight is 251 g/mol. The van der Waals surface area contributed by atoms with Crippen LogP contribution in [0.4, 0.5) is 0 Å². The molecule has 0 aromatic carbocycles. The molecule has 0 spiro atoms. The molecule has 0 unspecified atom stereocenters. The molecule has 5 nitrogen and oxygen atoms in total. The van der Waals surface area contributed by atoms with E-state index in [4.69, 9.17) is 16.9 Å². The molecule has 0 radical (unpaired) electrons. The second-order valence-electron chi connectivity index (χ2n) is 3.86. The third-order valence-corrected chi connectivity index (χ3v) is 2.95. The molecule has 88 valence electrons. The van der Waals surface area contributed by atoms with Crippen LogP contribution < -0.4 is 0 Å². The quantitative estimate of drug-likeness (QED) is 0.743. The Hall–Kier alpha value is -1.67. The minimum absolute atomic E-state index is 0.195. The fourth-order valence-corrected chi connectivity index (χ4v) is 2.03. The molecule has 1 aliphatic heterocycles. The first-order chi connectivity index (χ1) is 8.22. The molecule has 0 N–H and O–H groups in total. The number of amides is 1. The second kappa shape index (κ2) is 5.11. The lowest BCUT2D eigenvalue weighted by atomic mass is 10.1. The van der Waals surface area contributed by atoms with Crippen LogP contribution in [0.5, 0.6) is 0 Å². The van der Waals surface area contributed by atoms with E-state index in [1.807, 2.05) is 6.07 Å². The third-order valence-electron chi connectivity index (χ3n) is 2.74. The van der Waals surface area contributed by atoms with Gasteiger partial charge in [-0.15, -0.1) is 0 Å². The molecule has 17 heavy (non-hydrogen) atoms. The lowest BCUT2D eigenvalue weighted by Crippen LogP contribution is -2.32. The fourth-order valence-electron chi connectivity index (χ4n) is 1.87. The van der Waals surface area contributed by atoms with E-state index in [1.54, 1.807) is 4.90 Å². The van der Waals surface area contributed by atoms with E-state index in [2.05, 4.69) is 9.97 Å². The Morgan fingerprint density at radius 1 is 1.47 bits per heavy atom. The van der Waals surface area contributed by atoms with Crippen LogP contribution >= 0.6 is 11.6 Å². The zero-order valence-corrected chi connectivity index (χ0v) is 9.89. The number of carbonyl (C=O) groups is 1. The minimum Gasteiger partial charge on any atom is -0.341 e. The van der Waals surface area contributed by atoms with E-state index in [0.717, 1.165) is 25.9 Å². The van der Waals surface area contributed by atoms with Gasteiger partial charge in [0.05, 0.1) is 11.8 Å². The summed E-state index contributed by atoms with van der Waals surface area (Å²) in [6, 6.07) is 3.44. The van der Waals surface area contributed by atoms with Gasteiger partial charge in [-0.1, -0.05) is 11.6 Å². The molecular formula is C11H11ClN4O. The summed E-state index contributed by atoms with van der Waals surface area (Å²) in [7, 11) is 0. The van der Waals surface area contributed by atoms with Gasteiger partial charge in [-0.25, -0.2) is 9.97 Å². The van der Waals surface area contributed by atoms with Crippen LogP contribution in [0.2, 0.25) is 5.15 Å². The summed E-state index contributed by atoms with van der Waals surface area (Å²) in [4.78, 5) is 21.5. The van der Waals surface area contributed by atoms with Crippen LogP contribution in [-0.2, 0) is 4.79 Å². The van der Waals surface area contributed by atoms with Crippen LogP contribution in [-0.4, -0.2) is 33.9 Å². The Morgan fingerprint density at radius 2 is 2.18 bits per heavy atom. The molecule has 1 saturated heterocycles. The van der Waals surface area contributed by atoms with Crippen molar-refractivity contribution in [2.75, 3.05) is 13.1 Å². The first-order valence-corrected chi connectivity index (χ1v) is 5.76. The number of nitriles is 1. The van der Waals surface area contributed by atoms with Crippen LogP contribution in [0, 0.1) is 11.3 Å². The average Bonchev–Trinajstić information content (AvgIpc) is 2.83. The highest BCUT2D eigenvalue weighted by Gasteiger charge is 2.28. The number of likely N-dealkylation sites (tertiary alicyclic amines) is 1. The van der Waals surface area contributed by atoms with Crippen molar-refractivity contribution in [1.29, 1.82) is 5.26 Å². The number of rotatable bonds is 2. The molecule has 0 saturated carbocycles. The molecule has 1 aromatic rings. The van der Waals surface area contributed by atoms with Crippen molar-refractivity contribution in [1.82, 2.24) is 14.9 Å². The van der Waals surface area contributed by atoms with Gasteiger partial charge in [0, 0.05) is 13.1 Å². The van der Waals surface area contributed by atoms with Crippen molar-refractivity contribution >= 4 is 17.5 Å². The number of halogens is 1.